The maximum atomic E-state index is 14.0. The standard InChI is InChI=1S/C19H30F4O/c1-12-3-5-16(11-18(12,20)21)14-6-8-15(9-7-14)17-10-4-13(2)19(22,23)24-17/h12-17H,3-11H2,1-2H3. The van der Waals surface area contributed by atoms with Crippen molar-refractivity contribution in [3.63, 3.8) is 0 Å². The lowest BCUT2D eigenvalue weighted by atomic mass is 9.67. The van der Waals surface area contributed by atoms with Gasteiger partial charge in [-0.3, -0.25) is 0 Å². The summed E-state index contributed by atoms with van der Waals surface area (Å²) in [6.45, 7) is 3.19. The Balaban J connectivity index is 1.51. The smallest absolute Gasteiger partial charge is 0.317 e. The molecule has 2 saturated carbocycles. The highest BCUT2D eigenvalue weighted by molar-refractivity contribution is 4.90. The summed E-state index contributed by atoms with van der Waals surface area (Å²) in [6.07, 6.45) is 2.81. The topological polar surface area (TPSA) is 9.23 Å². The predicted molar refractivity (Wildman–Crippen MR) is 85.1 cm³/mol. The van der Waals surface area contributed by atoms with E-state index in [0.29, 0.717) is 25.2 Å². The summed E-state index contributed by atoms with van der Waals surface area (Å²) in [6, 6.07) is 0. The van der Waals surface area contributed by atoms with Crippen molar-refractivity contribution in [2.75, 3.05) is 0 Å². The van der Waals surface area contributed by atoms with Gasteiger partial charge in [-0.25, -0.2) is 8.78 Å². The van der Waals surface area contributed by atoms with E-state index in [4.69, 9.17) is 4.74 Å². The SMILES string of the molecule is CC1CCC(C2CCC(C3CCC(C)C(F)(F)O3)CC2)CC1(F)F. The molecular formula is C19H30F4O. The molecule has 140 valence electrons. The van der Waals surface area contributed by atoms with Crippen LogP contribution in [0, 0.1) is 29.6 Å². The molecule has 2 aliphatic carbocycles. The molecule has 4 atom stereocenters. The summed E-state index contributed by atoms with van der Waals surface area (Å²) in [5, 5.41) is 0. The van der Waals surface area contributed by atoms with Crippen molar-refractivity contribution < 1.29 is 22.3 Å². The predicted octanol–water partition coefficient (Wildman–Crippen LogP) is 6.27. The van der Waals surface area contributed by atoms with Crippen LogP contribution in [-0.2, 0) is 4.74 Å². The second kappa shape index (κ2) is 6.77. The molecule has 4 unspecified atom stereocenters. The van der Waals surface area contributed by atoms with Crippen molar-refractivity contribution in [3.05, 3.63) is 0 Å². The number of halogens is 4. The Hall–Kier alpha value is -0.320. The molecule has 1 aliphatic heterocycles. The van der Waals surface area contributed by atoms with E-state index < -0.39 is 23.9 Å². The van der Waals surface area contributed by atoms with E-state index in [-0.39, 0.29) is 24.4 Å². The minimum Gasteiger partial charge on any atom is -0.317 e. The lowest BCUT2D eigenvalue weighted by molar-refractivity contribution is -0.319. The van der Waals surface area contributed by atoms with E-state index in [1.54, 1.807) is 6.92 Å². The van der Waals surface area contributed by atoms with Crippen LogP contribution in [0.1, 0.15) is 71.6 Å². The van der Waals surface area contributed by atoms with Gasteiger partial charge in [-0.2, -0.15) is 8.78 Å². The van der Waals surface area contributed by atoms with Crippen molar-refractivity contribution in [2.45, 2.75) is 89.8 Å². The van der Waals surface area contributed by atoms with Crippen LogP contribution in [0.2, 0.25) is 0 Å². The molecule has 0 N–H and O–H groups in total. The highest BCUT2D eigenvalue weighted by Gasteiger charge is 2.48. The molecule has 3 fully saturated rings. The van der Waals surface area contributed by atoms with E-state index >= 15 is 0 Å². The molecule has 1 saturated heterocycles. The molecule has 3 aliphatic rings. The lowest BCUT2D eigenvalue weighted by Crippen LogP contribution is -2.44. The number of ether oxygens (including phenoxy) is 1. The van der Waals surface area contributed by atoms with Crippen LogP contribution in [0.25, 0.3) is 0 Å². The van der Waals surface area contributed by atoms with E-state index in [1.165, 1.54) is 6.92 Å². The third kappa shape index (κ3) is 3.76. The molecule has 1 heterocycles. The second-order valence-electron chi connectivity index (χ2n) is 8.57. The fourth-order valence-corrected chi connectivity index (χ4v) is 5.01. The van der Waals surface area contributed by atoms with Crippen LogP contribution in [0.15, 0.2) is 0 Å². The zero-order valence-electron chi connectivity index (χ0n) is 14.7. The number of hydrogen-bond donors (Lipinski definition) is 0. The maximum absolute atomic E-state index is 14.0. The van der Waals surface area contributed by atoms with Gasteiger partial charge >= 0.3 is 6.11 Å². The summed E-state index contributed by atoms with van der Waals surface area (Å²) in [4.78, 5) is 0. The normalized spacial score (nSPS) is 45.8. The molecule has 0 aromatic heterocycles. The van der Waals surface area contributed by atoms with Gasteiger partial charge in [-0.1, -0.05) is 13.8 Å². The minimum absolute atomic E-state index is 0.0129. The van der Waals surface area contributed by atoms with Gasteiger partial charge in [0.1, 0.15) is 0 Å². The van der Waals surface area contributed by atoms with Gasteiger partial charge in [-0.15, -0.1) is 0 Å². The van der Waals surface area contributed by atoms with Gasteiger partial charge < -0.3 is 4.74 Å². The fraction of sp³-hybridized carbons (Fsp3) is 1.00. The Morgan fingerprint density at radius 3 is 1.79 bits per heavy atom. The van der Waals surface area contributed by atoms with Crippen molar-refractivity contribution in [2.24, 2.45) is 29.6 Å². The molecule has 0 bridgehead atoms. The minimum atomic E-state index is -3.01. The molecule has 1 nitrogen and oxygen atoms in total. The van der Waals surface area contributed by atoms with Crippen molar-refractivity contribution in [1.29, 1.82) is 0 Å². The van der Waals surface area contributed by atoms with Gasteiger partial charge in [-0.05, 0) is 69.1 Å². The Morgan fingerprint density at radius 1 is 0.667 bits per heavy atom. The quantitative estimate of drug-likeness (QED) is 0.533. The van der Waals surface area contributed by atoms with E-state index in [2.05, 4.69) is 0 Å². The zero-order chi connectivity index (χ0) is 17.5. The highest BCUT2D eigenvalue weighted by atomic mass is 19.3. The maximum Gasteiger partial charge on any atom is 0.358 e. The first-order chi connectivity index (χ1) is 11.2. The first-order valence-corrected chi connectivity index (χ1v) is 9.62. The monoisotopic (exact) mass is 350 g/mol. The molecule has 0 aromatic carbocycles. The van der Waals surface area contributed by atoms with Crippen LogP contribution < -0.4 is 0 Å². The molecule has 0 aromatic rings. The van der Waals surface area contributed by atoms with E-state index in [0.717, 1.165) is 32.1 Å². The van der Waals surface area contributed by atoms with Crippen molar-refractivity contribution in [1.82, 2.24) is 0 Å². The number of hydrogen-bond acceptors (Lipinski definition) is 1. The van der Waals surface area contributed by atoms with Crippen LogP contribution in [0.5, 0.6) is 0 Å². The first-order valence-electron chi connectivity index (χ1n) is 9.62. The second-order valence-corrected chi connectivity index (χ2v) is 8.57. The van der Waals surface area contributed by atoms with Crippen LogP contribution >= 0.6 is 0 Å². The van der Waals surface area contributed by atoms with Gasteiger partial charge in [0.05, 0.1) is 6.10 Å². The fourth-order valence-electron chi connectivity index (χ4n) is 5.01. The summed E-state index contributed by atoms with van der Waals surface area (Å²) >= 11 is 0. The highest BCUT2D eigenvalue weighted by Crippen LogP contribution is 2.49. The third-order valence-electron chi connectivity index (χ3n) is 7.00. The summed E-state index contributed by atoms with van der Waals surface area (Å²) in [7, 11) is 0. The van der Waals surface area contributed by atoms with Gasteiger partial charge in [0.25, 0.3) is 5.92 Å². The Labute approximate surface area is 142 Å². The summed E-state index contributed by atoms with van der Waals surface area (Å²) in [5.74, 6) is -3.15. The molecule has 3 rings (SSSR count). The third-order valence-corrected chi connectivity index (χ3v) is 7.00. The molecule has 24 heavy (non-hydrogen) atoms. The van der Waals surface area contributed by atoms with Crippen LogP contribution in [0.3, 0.4) is 0 Å². The molecule has 5 heteroatoms. The largest absolute Gasteiger partial charge is 0.358 e. The summed E-state index contributed by atoms with van der Waals surface area (Å²) in [5.41, 5.74) is 0. The van der Waals surface area contributed by atoms with Crippen molar-refractivity contribution >= 4 is 0 Å². The first kappa shape index (κ1) is 18.5. The Kier molecular flexibility index (Phi) is 5.21. The number of alkyl halides is 4. The molecule has 0 radical (unpaired) electrons. The van der Waals surface area contributed by atoms with Gasteiger partial charge in [0.15, 0.2) is 0 Å². The molecule has 0 spiro atoms. The lowest BCUT2D eigenvalue weighted by Gasteiger charge is -2.43. The van der Waals surface area contributed by atoms with Gasteiger partial charge in [0.2, 0.25) is 0 Å². The van der Waals surface area contributed by atoms with Gasteiger partial charge in [0, 0.05) is 18.3 Å². The molecular weight excluding hydrogens is 320 g/mol. The number of rotatable bonds is 2. The summed E-state index contributed by atoms with van der Waals surface area (Å²) < 4.78 is 60.7. The van der Waals surface area contributed by atoms with E-state index in [9.17, 15) is 17.6 Å². The Morgan fingerprint density at radius 2 is 1.21 bits per heavy atom. The zero-order valence-corrected chi connectivity index (χ0v) is 14.7. The van der Waals surface area contributed by atoms with E-state index in [1.807, 2.05) is 0 Å². The van der Waals surface area contributed by atoms with Crippen LogP contribution in [-0.4, -0.2) is 18.1 Å². The average molecular weight is 350 g/mol. The molecule has 0 amide bonds. The Bertz CT molecular complexity index is 391. The van der Waals surface area contributed by atoms with Crippen LogP contribution in [0.4, 0.5) is 17.6 Å². The average Bonchev–Trinajstić information content (AvgIpc) is 2.53. The van der Waals surface area contributed by atoms with Crippen molar-refractivity contribution in [3.8, 4) is 0 Å².